The fourth-order valence-corrected chi connectivity index (χ4v) is 2.22. The van der Waals surface area contributed by atoms with Crippen LogP contribution in [0, 0.1) is 0 Å². The lowest BCUT2D eigenvalue weighted by Crippen LogP contribution is -2.24. The number of nitrogens with zero attached hydrogens (tertiary/aromatic N) is 4. The fraction of sp³-hybridized carbons (Fsp3) is 0.500. The molecule has 3 rings (SSSR count). The SMILES string of the molecule is NNc1ncnc2c1ncn2[C@H]1C[C@H](O)[C@@H](CO)O1. The van der Waals surface area contributed by atoms with Gasteiger partial charge in [-0.2, -0.15) is 0 Å². The molecule has 1 fully saturated rings. The molecule has 0 bridgehead atoms. The summed E-state index contributed by atoms with van der Waals surface area (Å²) in [4.78, 5) is 12.3. The number of aromatic nitrogens is 4. The number of rotatable bonds is 3. The van der Waals surface area contributed by atoms with Crippen molar-refractivity contribution in [1.82, 2.24) is 19.5 Å². The lowest BCUT2D eigenvalue weighted by Gasteiger charge is -2.13. The lowest BCUT2D eigenvalue weighted by molar-refractivity contribution is -0.0432. The summed E-state index contributed by atoms with van der Waals surface area (Å²) in [5, 5.41) is 18.8. The maximum Gasteiger partial charge on any atom is 0.171 e. The molecular formula is C10H14N6O3. The van der Waals surface area contributed by atoms with E-state index < -0.39 is 18.4 Å². The quantitative estimate of drug-likeness (QED) is 0.400. The zero-order valence-corrected chi connectivity index (χ0v) is 9.97. The molecule has 1 aliphatic heterocycles. The van der Waals surface area contributed by atoms with E-state index in [1.807, 2.05) is 0 Å². The van der Waals surface area contributed by atoms with Gasteiger partial charge in [0.25, 0.3) is 0 Å². The third-order valence-corrected chi connectivity index (χ3v) is 3.19. The first-order valence-corrected chi connectivity index (χ1v) is 5.83. The number of aliphatic hydroxyl groups excluding tert-OH is 2. The standard InChI is InChI=1S/C10H14N6O3/c11-15-9-8-10(13-3-12-9)16(4-14-8)7-1-5(18)6(2-17)19-7/h3-7,17-18H,1-2,11H2,(H,12,13,15)/t5-,6+,7+/m0/s1. The van der Waals surface area contributed by atoms with Crippen molar-refractivity contribution in [3.8, 4) is 0 Å². The van der Waals surface area contributed by atoms with Gasteiger partial charge < -0.3 is 20.4 Å². The molecule has 1 saturated heterocycles. The topological polar surface area (TPSA) is 131 Å². The summed E-state index contributed by atoms with van der Waals surface area (Å²) >= 11 is 0. The molecule has 0 amide bonds. The van der Waals surface area contributed by atoms with Crippen molar-refractivity contribution in [3.05, 3.63) is 12.7 Å². The molecular weight excluding hydrogens is 252 g/mol. The normalized spacial score (nSPS) is 27.0. The molecule has 2 aromatic rings. The van der Waals surface area contributed by atoms with E-state index in [1.165, 1.54) is 6.33 Å². The summed E-state index contributed by atoms with van der Waals surface area (Å²) in [5.74, 6) is 5.77. The van der Waals surface area contributed by atoms with Crippen LogP contribution in [0.1, 0.15) is 12.6 Å². The van der Waals surface area contributed by atoms with Crippen molar-refractivity contribution in [1.29, 1.82) is 0 Å². The summed E-state index contributed by atoms with van der Waals surface area (Å²) < 4.78 is 7.25. The van der Waals surface area contributed by atoms with Gasteiger partial charge in [0.15, 0.2) is 17.0 Å². The van der Waals surface area contributed by atoms with Gasteiger partial charge in [-0.25, -0.2) is 20.8 Å². The number of imidazole rings is 1. The van der Waals surface area contributed by atoms with Gasteiger partial charge >= 0.3 is 0 Å². The Morgan fingerprint density at radius 2 is 2.32 bits per heavy atom. The third-order valence-electron chi connectivity index (χ3n) is 3.19. The van der Waals surface area contributed by atoms with E-state index >= 15 is 0 Å². The van der Waals surface area contributed by atoms with E-state index in [0.29, 0.717) is 23.4 Å². The molecule has 3 atom stereocenters. The van der Waals surface area contributed by atoms with Gasteiger partial charge in [0.2, 0.25) is 0 Å². The van der Waals surface area contributed by atoms with Gasteiger partial charge in [0.1, 0.15) is 18.7 Å². The highest BCUT2D eigenvalue weighted by atomic mass is 16.5. The van der Waals surface area contributed by atoms with Crippen molar-refractivity contribution in [2.75, 3.05) is 12.0 Å². The summed E-state index contributed by atoms with van der Waals surface area (Å²) in [6.45, 7) is -0.227. The van der Waals surface area contributed by atoms with Crippen molar-refractivity contribution in [2.24, 2.45) is 5.84 Å². The summed E-state index contributed by atoms with van der Waals surface area (Å²) in [6, 6.07) is 0. The largest absolute Gasteiger partial charge is 0.394 e. The molecule has 0 unspecified atom stereocenters. The van der Waals surface area contributed by atoms with Crippen molar-refractivity contribution in [2.45, 2.75) is 24.9 Å². The molecule has 0 radical (unpaired) electrons. The first-order chi connectivity index (χ1) is 9.24. The molecule has 102 valence electrons. The monoisotopic (exact) mass is 266 g/mol. The number of hydrogen-bond donors (Lipinski definition) is 4. The second-order valence-corrected chi connectivity index (χ2v) is 4.31. The minimum atomic E-state index is -0.707. The molecule has 1 aliphatic rings. The third kappa shape index (κ3) is 1.92. The van der Waals surface area contributed by atoms with Gasteiger partial charge in [-0.1, -0.05) is 0 Å². The number of aliphatic hydroxyl groups is 2. The van der Waals surface area contributed by atoms with Crippen molar-refractivity contribution < 1.29 is 14.9 Å². The smallest absolute Gasteiger partial charge is 0.171 e. The predicted octanol–water partition coefficient (Wildman–Crippen LogP) is -1.25. The predicted molar refractivity (Wildman–Crippen MR) is 64.8 cm³/mol. The fourth-order valence-electron chi connectivity index (χ4n) is 2.22. The maximum absolute atomic E-state index is 9.75. The number of ether oxygens (including phenoxy) is 1. The van der Waals surface area contributed by atoms with Gasteiger partial charge in [0.05, 0.1) is 19.0 Å². The lowest BCUT2D eigenvalue weighted by atomic mass is 10.2. The van der Waals surface area contributed by atoms with Crippen molar-refractivity contribution >= 4 is 17.0 Å². The number of hydrogen-bond acceptors (Lipinski definition) is 8. The first-order valence-electron chi connectivity index (χ1n) is 5.83. The highest BCUT2D eigenvalue weighted by molar-refractivity contribution is 5.82. The highest BCUT2D eigenvalue weighted by Gasteiger charge is 2.35. The maximum atomic E-state index is 9.75. The van der Waals surface area contributed by atoms with E-state index in [-0.39, 0.29) is 6.61 Å². The van der Waals surface area contributed by atoms with Gasteiger partial charge in [-0.05, 0) is 0 Å². The number of nitrogen functional groups attached to an aromatic ring is 1. The Morgan fingerprint density at radius 1 is 1.47 bits per heavy atom. The van der Waals surface area contributed by atoms with Gasteiger partial charge in [0, 0.05) is 6.42 Å². The second kappa shape index (κ2) is 4.70. The molecule has 3 heterocycles. The summed E-state index contributed by atoms with van der Waals surface area (Å²) in [6.07, 6.45) is 1.57. The van der Waals surface area contributed by atoms with Crippen LogP contribution in [0.4, 0.5) is 5.82 Å². The number of anilines is 1. The van der Waals surface area contributed by atoms with Crippen LogP contribution in [0.15, 0.2) is 12.7 Å². The molecule has 0 aromatic carbocycles. The Bertz CT molecular complexity index is 588. The number of hydrazine groups is 1. The molecule has 2 aromatic heterocycles. The zero-order valence-electron chi connectivity index (χ0n) is 9.97. The van der Waals surface area contributed by atoms with Crippen LogP contribution < -0.4 is 11.3 Å². The van der Waals surface area contributed by atoms with Crippen LogP contribution >= 0.6 is 0 Å². The molecule has 0 spiro atoms. The number of nitrogens with one attached hydrogen (secondary N) is 1. The summed E-state index contributed by atoms with van der Waals surface area (Å²) in [7, 11) is 0. The minimum Gasteiger partial charge on any atom is -0.394 e. The van der Waals surface area contributed by atoms with E-state index in [2.05, 4.69) is 20.4 Å². The van der Waals surface area contributed by atoms with E-state index in [4.69, 9.17) is 15.7 Å². The Balaban J connectivity index is 1.98. The molecule has 0 aliphatic carbocycles. The Labute approximate surface area is 108 Å². The first kappa shape index (κ1) is 12.2. The summed E-state index contributed by atoms with van der Waals surface area (Å²) in [5.41, 5.74) is 3.52. The second-order valence-electron chi connectivity index (χ2n) is 4.31. The zero-order chi connectivity index (χ0) is 13.4. The van der Waals surface area contributed by atoms with Crippen LogP contribution in [0.25, 0.3) is 11.2 Å². The average Bonchev–Trinajstić information content (AvgIpc) is 3.01. The number of nitrogens with two attached hydrogens (primary N) is 1. The van der Waals surface area contributed by atoms with E-state index in [9.17, 15) is 5.11 Å². The molecule has 19 heavy (non-hydrogen) atoms. The minimum absolute atomic E-state index is 0.227. The van der Waals surface area contributed by atoms with Crippen LogP contribution in [-0.2, 0) is 4.74 Å². The molecule has 9 nitrogen and oxygen atoms in total. The van der Waals surface area contributed by atoms with Crippen molar-refractivity contribution in [3.63, 3.8) is 0 Å². The van der Waals surface area contributed by atoms with Crippen LogP contribution in [0.2, 0.25) is 0 Å². The van der Waals surface area contributed by atoms with Crippen LogP contribution in [0.3, 0.4) is 0 Å². The Hall–Kier alpha value is -1.81. The molecule has 0 saturated carbocycles. The van der Waals surface area contributed by atoms with E-state index in [1.54, 1.807) is 10.9 Å². The Kier molecular flexibility index (Phi) is 3.03. The molecule has 5 N–H and O–H groups in total. The van der Waals surface area contributed by atoms with Crippen LogP contribution in [-0.4, -0.2) is 48.5 Å². The van der Waals surface area contributed by atoms with E-state index in [0.717, 1.165) is 0 Å². The van der Waals surface area contributed by atoms with Crippen LogP contribution in [0.5, 0.6) is 0 Å². The van der Waals surface area contributed by atoms with Gasteiger partial charge in [-0.3, -0.25) is 4.57 Å². The van der Waals surface area contributed by atoms with Gasteiger partial charge in [-0.15, -0.1) is 0 Å². The highest BCUT2D eigenvalue weighted by Crippen LogP contribution is 2.31. The Morgan fingerprint density at radius 3 is 3.00 bits per heavy atom. The average molecular weight is 266 g/mol. The number of fused-ring (bicyclic) bond motifs is 1. The molecule has 9 heteroatoms.